The topological polar surface area (TPSA) is 61.9 Å². The van der Waals surface area contributed by atoms with E-state index < -0.39 is 0 Å². The summed E-state index contributed by atoms with van der Waals surface area (Å²) in [7, 11) is 0. The first-order valence-electron chi connectivity index (χ1n) is 5.52. The third-order valence-corrected chi connectivity index (χ3v) is 3.53. The minimum Gasteiger partial charge on any atom is -0.341 e. The first-order valence-corrected chi connectivity index (χ1v) is 6.40. The van der Waals surface area contributed by atoms with E-state index in [0.29, 0.717) is 18.3 Å². The SMILES string of the molecule is O=C(c1cnc[nH]1)N(Cc1nccs1)C1CC1. The number of thiazole rings is 1. The molecule has 0 bridgehead atoms. The third-order valence-electron chi connectivity index (χ3n) is 2.77. The summed E-state index contributed by atoms with van der Waals surface area (Å²) in [6.45, 7) is 0.597. The molecule has 1 N–H and O–H groups in total. The molecule has 0 atom stereocenters. The second kappa shape index (κ2) is 4.29. The van der Waals surface area contributed by atoms with Gasteiger partial charge < -0.3 is 9.88 Å². The molecule has 3 rings (SSSR count). The molecular weight excluding hydrogens is 236 g/mol. The van der Waals surface area contributed by atoms with Crippen molar-refractivity contribution in [3.63, 3.8) is 0 Å². The van der Waals surface area contributed by atoms with E-state index >= 15 is 0 Å². The van der Waals surface area contributed by atoms with E-state index in [4.69, 9.17) is 0 Å². The molecule has 6 heteroatoms. The summed E-state index contributed by atoms with van der Waals surface area (Å²) in [5, 5.41) is 2.91. The quantitative estimate of drug-likeness (QED) is 0.895. The van der Waals surface area contributed by atoms with Gasteiger partial charge in [-0.05, 0) is 12.8 Å². The van der Waals surface area contributed by atoms with Gasteiger partial charge in [0.2, 0.25) is 0 Å². The molecule has 0 aliphatic heterocycles. The predicted octanol–water partition coefficient (Wildman–Crippen LogP) is 1.67. The zero-order chi connectivity index (χ0) is 11.7. The summed E-state index contributed by atoms with van der Waals surface area (Å²) in [5.41, 5.74) is 0.549. The number of carbonyl (C=O) groups excluding carboxylic acids is 1. The second-order valence-corrected chi connectivity index (χ2v) is 5.03. The molecule has 0 spiro atoms. The van der Waals surface area contributed by atoms with Crippen LogP contribution in [-0.2, 0) is 6.54 Å². The van der Waals surface area contributed by atoms with E-state index in [2.05, 4.69) is 15.0 Å². The highest BCUT2D eigenvalue weighted by Crippen LogP contribution is 2.29. The van der Waals surface area contributed by atoms with Gasteiger partial charge in [0.1, 0.15) is 10.7 Å². The van der Waals surface area contributed by atoms with Crippen LogP contribution in [0.3, 0.4) is 0 Å². The maximum absolute atomic E-state index is 12.2. The number of hydrogen-bond donors (Lipinski definition) is 1. The van der Waals surface area contributed by atoms with Gasteiger partial charge >= 0.3 is 0 Å². The summed E-state index contributed by atoms with van der Waals surface area (Å²) < 4.78 is 0. The number of aromatic amines is 1. The molecule has 2 aromatic heterocycles. The van der Waals surface area contributed by atoms with E-state index in [1.165, 1.54) is 6.33 Å². The summed E-state index contributed by atoms with van der Waals surface area (Å²) >= 11 is 1.58. The maximum atomic E-state index is 12.2. The molecule has 0 unspecified atom stereocenters. The van der Waals surface area contributed by atoms with Crippen LogP contribution in [0.2, 0.25) is 0 Å². The van der Waals surface area contributed by atoms with E-state index in [1.807, 2.05) is 10.3 Å². The third kappa shape index (κ3) is 2.21. The van der Waals surface area contributed by atoms with Crippen LogP contribution in [-0.4, -0.2) is 31.8 Å². The van der Waals surface area contributed by atoms with E-state index in [9.17, 15) is 4.79 Å². The Morgan fingerprint density at radius 2 is 2.47 bits per heavy atom. The number of aromatic nitrogens is 3. The van der Waals surface area contributed by atoms with Gasteiger partial charge in [-0.2, -0.15) is 0 Å². The number of imidazole rings is 1. The maximum Gasteiger partial charge on any atom is 0.272 e. The summed E-state index contributed by atoms with van der Waals surface area (Å²) in [6, 6.07) is 0.370. The van der Waals surface area contributed by atoms with Crippen LogP contribution in [0.1, 0.15) is 28.3 Å². The number of rotatable bonds is 4. The van der Waals surface area contributed by atoms with E-state index in [0.717, 1.165) is 17.8 Å². The Kier molecular flexibility index (Phi) is 2.64. The Morgan fingerprint density at radius 1 is 1.59 bits per heavy atom. The average molecular weight is 248 g/mol. The lowest BCUT2D eigenvalue weighted by atomic mass is 10.3. The number of amides is 1. The van der Waals surface area contributed by atoms with Crippen LogP contribution in [0.4, 0.5) is 0 Å². The van der Waals surface area contributed by atoms with Crippen molar-refractivity contribution in [1.82, 2.24) is 19.9 Å². The van der Waals surface area contributed by atoms with Crippen LogP contribution < -0.4 is 0 Å². The molecule has 0 saturated heterocycles. The van der Waals surface area contributed by atoms with Gasteiger partial charge in [-0.25, -0.2) is 9.97 Å². The van der Waals surface area contributed by atoms with Gasteiger partial charge in [0.15, 0.2) is 0 Å². The molecule has 0 aromatic carbocycles. The molecular formula is C11H12N4OS. The average Bonchev–Trinajstić information content (AvgIpc) is 2.86. The monoisotopic (exact) mass is 248 g/mol. The fourth-order valence-corrected chi connectivity index (χ4v) is 2.37. The minimum atomic E-state index is 0.0141. The van der Waals surface area contributed by atoms with Crippen molar-refractivity contribution in [2.75, 3.05) is 0 Å². The Hall–Kier alpha value is -1.69. The van der Waals surface area contributed by atoms with Crippen LogP contribution >= 0.6 is 11.3 Å². The normalized spacial score (nSPS) is 14.8. The molecule has 1 amide bonds. The highest BCUT2D eigenvalue weighted by Gasteiger charge is 2.33. The van der Waals surface area contributed by atoms with Crippen LogP contribution in [0.25, 0.3) is 0 Å². The second-order valence-electron chi connectivity index (χ2n) is 4.06. The lowest BCUT2D eigenvalue weighted by molar-refractivity contribution is 0.0724. The molecule has 1 fully saturated rings. The van der Waals surface area contributed by atoms with Gasteiger partial charge in [-0.3, -0.25) is 4.79 Å². The van der Waals surface area contributed by atoms with Crippen LogP contribution in [0, 0.1) is 0 Å². The fraction of sp³-hybridized carbons (Fsp3) is 0.364. The molecule has 2 heterocycles. The number of carbonyl (C=O) groups is 1. The molecule has 88 valence electrons. The van der Waals surface area contributed by atoms with Crippen molar-refractivity contribution in [2.24, 2.45) is 0 Å². The molecule has 17 heavy (non-hydrogen) atoms. The summed E-state index contributed by atoms with van der Waals surface area (Å²) in [5.74, 6) is 0.0141. The minimum absolute atomic E-state index is 0.0141. The van der Waals surface area contributed by atoms with Crippen molar-refractivity contribution in [2.45, 2.75) is 25.4 Å². The highest BCUT2D eigenvalue weighted by molar-refractivity contribution is 7.09. The first-order chi connectivity index (χ1) is 8.34. The number of H-pyrrole nitrogens is 1. The molecule has 1 aliphatic rings. The van der Waals surface area contributed by atoms with E-state index in [1.54, 1.807) is 23.7 Å². The predicted molar refractivity (Wildman–Crippen MR) is 63.6 cm³/mol. The lowest BCUT2D eigenvalue weighted by Gasteiger charge is -2.20. The Balaban J connectivity index is 1.78. The first kappa shape index (κ1) is 10.5. The summed E-state index contributed by atoms with van der Waals surface area (Å²) in [4.78, 5) is 25.1. The van der Waals surface area contributed by atoms with Crippen LogP contribution in [0.15, 0.2) is 24.1 Å². The zero-order valence-electron chi connectivity index (χ0n) is 9.17. The number of nitrogens with one attached hydrogen (secondary N) is 1. The van der Waals surface area contributed by atoms with Gasteiger partial charge in [-0.15, -0.1) is 11.3 Å². The van der Waals surface area contributed by atoms with Gasteiger partial charge in [0, 0.05) is 17.6 Å². The lowest BCUT2D eigenvalue weighted by Crippen LogP contribution is -2.32. The Morgan fingerprint density at radius 3 is 3.06 bits per heavy atom. The van der Waals surface area contributed by atoms with Crippen LogP contribution in [0.5, 0.6) is 0 Å². The number of hydrogen-bond acceptors (Lipinski definition) is 4. The molecule has 1 aliphatic carbocycles. The number of nitrogens with zero attached hydrogens (tertiary/aromatic N) is 3. The highest BCUT2D eigenvalue weighted by atomic mass is 32.1. The van der Waals surface area contributed by atoms with Gasteiger partial charge in [0.05, 0.1) is 19.1 Å². The van der Waals surface area contributed by atoms with Crippen molar-refractivity contribution in [3.8, 4) is 0 Å². The van der Waals surface area contributed by atoms with Crippen molar-refractivity contribution in [3.05, 3.63) is 34.8 Å². The van der Waals surface area contributed by atoms with Crippen molar-refractivity contribution < 1.29 is 4.79 Å². The molecule has 5 nitrogen and oxygen atoms in total. The van der Waals surface area contributed by atoms with E-state index in [-0.39, 0.29) is 5.91 Å². The van der Waals surface area contributed by atoms with Crippen molar-refractivity contribution in [1.29, 1.82) is 0 Å². The van der Waals surface area contributed by atoms with Crippen molar-refractivity contribution >= 4 is 17.2 Å². The van der Waals surface area contributed by atoms with Gasteiger partial charge in [-0.1, -0.05) is 0 Å². The van der Waals surface area contributed by atoms with Gasteiger partial charge in [0.25, 0.3) is 5.91 Å². The fourth-order valence-electron chi connectivity index (χ4n) is 1.76. The largest absolute Gasteiger partial charge is 0.341 e. The zero-order valence-corrected chi connectivity index (χ0v) is 9.98. The summed E-state index contributed by atoms with van der Waals surface area (Å²) in [6.07, 6.45) is 7.05. The molecule has 1 saturated carbocycles. The smallest absolute Gasteiger partial charge is 0.272 e. The standard InChI is InChI=1S/C11H12N4OS/c16-11(9-5-12-7-14-9)15(8-1-2-8)6-10-13-3-4-17-10/h3-5,7-8H,1-2,6H2,(H,12,14). The Labute approximate surface area is 103 Å². The Bertz CT molecular complexity index is 490. The molecule has 0 radical (unpaired) electrons. The molecule has 2 aromatic rings.